The molecular weight excluding hydrogens is 185 g/mol. The molecule has 0 amide bonds. The van der Waals surface area contributed by atoms with Crippen LogP contribution in [0.15, 0.2) is 18.2 Å². The summed E-state index contributed by atoms with van der Waals surface area (Å²) in [4.78, 5) is 10.2. The number of benzene rings is 1. The average Bonchev–Trinajstić information content (AvgIpc) is 2.10. The molecule has 0 aliphatic carbocycles. The Hall–Kier alpha value is -1.58. The number of carboxylic acids is 1. The fourth-order valence-electron chi connectivity index (χ4n) is 1.09. The molecule has 0 spiro atoms. The van der Waals surface area contributed by atoms with Gasteiger partial charge >= 0.3 is 5.97 Å². The summed E-state index contributed by atoms with van der Waals surface area (Å²) in [5.74, 6) is -1.19. The molecule has 14 heavy (non-hydrogen) atoms. The highest BCUT2D eigenvalue weighted by molar-refractivity contribution is 5.67. The summed E-state index contributed by atoms with van der Waals surface area (Å²) < 4.78 is 12.8. The maximum absolute atomic E-state index is 12.8. The van der Waals surface area contributed by atoms with Crippen molar-refractivity contribution in [2.24, 2.45) is 0 Å². The third kappa shape index (κ3) is 3.05. The second-order valence-electron chi connectivity index (χ2n) is 3.03. The van der Waals surface area contributed by atoms with Gasteiger partial charge in [-0.1, -0.05) is 6.07 Å². The van der Waals surface area contributed by atoms with Gasteiger partial charge in [0.15, 0.2) is 0 Å². The summed E-state index contributed by atoms with van der Waals surface area (Å²) in [6, 6.07) is 4.38. The first-order chi connectivity index (χ1) is 6.59. The van der Waals surface area contributed by atoms with Crippen molar-refractivity contribution in [3.8, 4) is 0 Å². The van der Waals surface area contributed by atoms with Gasteiger partial charge in [-0.3, -0.25) is 4.79 Å². The lowest BCUT2D eigenvalue weighted by Gasteiger charge is -2.07. The third-order valence-corrected chi connectivity index (χ3v) is 1.85. The number of anilines is 1. The van der Waals surface area contributed by atoms with Crippen LogP contribution in [0.1, 0.15) is 12.0 Å². The summed E-state index contributed by atoms with van der Waals surface area (Å²) in [6.45, 7) is 2.14. The van der Waals surface area contributed by atoms with Crippen LogP contribution in [0.25, 0.3) is 0 Å². The highest BCUT2D eigenvalue weighted by atomic mass is 19.1. The van der Waals surface area contributed by atoms with E-state index in [0.29, 0.717) is 12.2 Å². The number of carbonyl (C=O) groups is 1. The quantitative estimate of drug-likeness (QED) is 0.776. The molecule has 0 unspecified atom stereocenters. The monoisotopic (exact) mass is 197 g/mol. The van der Waals surface area contributed by atoms with E-state index in [2.05, 4.69) is 5.32 Å². The van der Waals surface area contributed by atoms with Gasteiger partial charge in [0.25, 0.3) is 0 Å². The number of hydrogen-bond acceptors (Lipinski definition) is 2. The molecule has 0 fully saturated rings. The van der Waals surface area contributed by atoms with Crippen LogP contribution in [-0.2, 0) is 4.79 Å². The lowest BCUT2D eigenvalue weighted by atomic mass is 10.2. The molecule has 0 bridgehead atoms. The first-order valence-electron chi connectivity index (χ1n) is 4.31. The van der Waals surface area contributed by atoms with Crippen molar-refractivity contribution in [1.82, 2.24) is 0 Å². The highest BCUT2D eigenvalue weighted by Gasteiger charge is 2.01. The second-order valence-corrected chi connectivity index (χ2v) is 3.03. The Morgan fingerprint density at radius 2 is 2.29 bits per heavy atom. The van der Waals surface area contributed by atoms with E-state index >= 15 is 0 Å². The molecular formula is C10H12FNO2. The largest absolute Gasteiger partial charge is 0.481 e. The SMILES string of the molecule is Cc1ccc(F)cc1NCCC(=O)O. The molecule has 4 heteroatoms. The van der Waals surface area contributed by atoms with Gasteiger partial charge in [0, 0.05) is 12.2 Å². The van der Waals surface area contributed by atoms with Crippen molar-refractivity contribution in [3.63, 3.8) is 0 Å². The molecule has 0 radical (unpaired) electrons. The summed E-state index contributed by atoms with van der Waals surface area (Å²) in [5, 5.41) is 11.3. The van der Waals surface area contributed by atoms with Crippen LogP contribution in [0.3, 0.4) is 0 Å². The minimum atomic E-state index is -0.869. The van der Waals surface area contributed by atoms with E-state index in [1.165, 1.54) is 12.1 Å². The van der Waals surface area contributed by atoms with Crippen LogP contribution in [0.5, 0.6) is 0 Å². The predicted octanol–water partition coefficient (Wildman–Crippen LogP) is 2.02. The average molecular weight is 197 g/mol. The molecule has 0 saturated carbocycles. The van der Waals surface area contributed by atoms with Crippen molar-refractivity contribution >= 4 is 11.7 Å². The highest BCUT2D eigenvalue weighted by Crippen LogP contribution is 2.15. The Balaban J connectivity index is 2.57. The first-order valence-corrected chi connectivity index (χ1v) is 4.31. The molecule has 76 valence electrons. The molecule has 1 aromatic rings. The Morgan fingerprint density at radius 3 is 2.93 bits per heavy atom. The maximum Gasteiger partial charge on any atom is 0.305 e. The van der Waals surface area contributed by atoms with Crippen LogP contribution in [0, 0.1) is 12.7 Å². The number of hydrogen-bond donors (Lipinski definition) is 2. The summed E-state index contributed by atoms with van der Waals surface area (Å²) >= 11 is 0. The maximum atomic E-state index is 12.8. The van der Waals surface area contributed by atoms with Gasteiger partial charge in [0.1, 0.15) is 5.82 Å². The zero-order valence-electron chi connectivity index (χ0n) is 7.88. The van der Waals surface area contributed by atoms with Gasteiger partial charge in [-0.05, 0) is 24.6 Å². The second kappa shape index (κ2) is 4.60. The fraction of sp³-hybridized carbons (Fsp3) is 0.300. The molecule has 0 saturated heterocycles. The van der Waals surface area contributed by atoms with E-state index in [4.69, 9.17) is 5.11 Å². The fourth-order valence-corrected chi connectivity index (χ4v) is 1.09. The van der Waals surface area contributed by atoms with Crippen LogP contribution in [0.2, 0.25) is 0 Å². The molecule has 0 aliphatic rings. The van der Waals surface area contributed by atoms with E-state index in [1.54, 1.807) is 6.07 Å². The first kappa shape index (κ1) is 10.5. The number of halogens is 1. The molecule has 0 heterocycles. The number of carboxylic acid groups (broad SMARTS) is 1. The van der Waals surface area contributed by atoms with Crippen molar-refractivity contribution < 1.29 is 14.3 Å². The topological polar surface area (TPSA) is 49.3 Å². The Labute approximate surface area is 81.6 Å². The Kier molecular flexibility index (Phi) is 3.45. The van der Waals surface area contributed by atoms with Crippen LogP contribution < -0.4 is 5.32 Å². The minimum Gasteiger partial charge on any atom is -0.481 e. The standard InChI is InChI=1S/C10H12FNO2/c1-7-2-3-8(11)6-9(7)12-5-4-10(13)14/h2-3,6,12H,4-5H2,1H3,(H,13,14). The van der Waals surface area contributed by atoms with E-state index in [9.17, 15) is 9.18 Å². The molecule has 0 atom stereocenters. The molecule has 0 aromatic heterocycles. The van der Waals surface area contributed by atoms with Crippen LogP contribution in [0.4, 0.5) is 10.1 Å². The molecule has 2 N–H and O–H groups in total. The normalized spacial score (nSPS) is 9.86. The molecule has 1 aromatic carbocycles. The number of nitrogens with one attached hydrogen (secondary N) is 1. The predicted molar refractivity (Wildman–Crippen MR) is 51.9 cm³/mol. The van der Waals surface area contributed by atoms with E-state index in [0.717, 1.165) is 5.56 Å². The van der Waals surface area contributed by atoms with Crippen LogP contribution >= 0.6 is 0 Å². The Bertz CT molecular complexity index is 339. The van der Waals surface area contributed by atoms with Crippen molar-refractivity contribution in [2.45, 2.75) is 13.3 Å². The number of aliphatic carboxylic acids is 1. The Morgan fingerprint density at radius 1 is 1.57 bits per heavy atom. The summed E-state index contributed by atoms with van der Waals surface area (Å²) in [5.41, 5.74) is 1.54. The lowest BCUT2D eigenvalue weighted by Crippen LogP contribution is -2.08. The van der Waals surface area contributed by atoms with Gasteiger partial charge in [-0.15, -0.1) is 0 Å². The zero-order chi connectivity index (χ0) is 10.6. The third-order valence-electron chi connectivity index (χ3n) is 1.85. The van der Waals surface area contributed by atoms with E-state index in [1.807, 2.05) is 6.92 Å². The molecule has 1 rings (SSSR count). The number of rotatable bonds is 4. The van der Waals surface area contributed by atoms with E-state index < -0.39 is 5.97 Å². The minimum absolute atomic E-state index is 0.0238. The summed E-state index contributed by atoms with van der Waals surface area (Å²) in [7, 11) is 0. The molecule has 3 nitrogen and oxygen atoms in total. The van der Waals surface area contributed by atoms with Crippen molar-refractivity contribution in [1.29, 1.82) is 0 Å². The van der Waals surface area contributed by atoms with Gasteiger partial charge in [-0.25, -0.2) is 4.39 Å². The van der Waals surface area contributed by atoms with Gasteiger partial charge in [0.05, 0.1) is 6.42 Å². The van der Waals surface area contributed by atoms with Gasteiger partial charge < -0.3 is 10.4 Å². The summed E-state index contributed by atoms with van der Waals surface area (Å²) in [6.07, 6.45) is 0.0238. The zero-order valence-corrected chi connectivity index (χ0v) is 7.88. The van der Waals surface area contributed by atoms with Crippen molar-refractivity contribution in [2.75, 3.05) is 11.9 Å². The smallest absolute Gasteiger partial charge is 0.305 e. The molecule has 0 aliphatic heterocycles. The van der Waals surface area contributed by atoms with Crippen molar-refractivity contribution in [3.05, 3.63) is 29.6 Å². The lowest BCUT2D eigenvalue weighted by molar-refractivity contribution is -0.136. The number of aryl methyl sites for hydroxylation is 1. The van der Waals surface area contributed by atoms with Gasteiger partial charge in [0.2, 0.25) is 0 Å². The van der Waals surface area contributed by atoms with E-state index in [-0.39, 0.29) is 12.2 Å². The van der Waals surface area contributed by atoms with Crippen LogP contribution in [-0.4, -0.2) is 17.6 Å². The van der Waals surface area contributed by atoms with Gasteiger partial charge in [-0.2, -0.15) is 0 Å².